The highest BCUT2D eigenvalue weighted by molar-refractivity contribution is 6.35. The second-order valence-corrected chi connectivity index (χ2v) is 8.93. The fraction of sp³-hybridized carbons (Fsp3) is 0.200. The SMILES string of the molecule is CCN(C(=O)c1ccc(Oc2ccc3c(c2)OCCC3C(=O)O)c(Cl)c1)c1cc(Cl)cc(Cl)c1. The van der Waals surface area contributed by atoms with E-state index >= 15 is 0 Å². The zero-order valence-electron chi connectivity index (χ0n) is 18.1. The molecule has 0 spiro atoms. The van der Waals surface area contributed by atoms with Crippen LogP contribution in [0, 0.1) is 0 Å². The molecule has 0 saturated heterocycles. The zero-order valence-corrected chi connectivity index (χ0v) is 20.3. The number of aliphatic carboxylic acids is 1. The average molecular weight is 521 g/mol. The number of amides is 1. The van der Waals surface area contributed by atoms with E-state index in [0.717, 1.165) is 0 Å². The van der Waals surface area contributed by atoms with Crippen LogP contribution in [0.5, 0.6) is 17.2 Å². The topological polar surface area (TPSA) is 76.1 Å². The number of anilines is 1. The Morgan fingerprint density at radius 3 is 2.44 bits per heavy atom. The van der Waals surface area contributed by atoms with Gasteiger partial charge in [0.2, 0.25) is 0 Å². The predicted octanol–water partition coefficient (Wildman–Crippen LogP) is 7.06. The molecule has 1 atom stereocenters. The Morgan fingerprint density at radius 2 is 1.79 bits per heavy atom. The lowest BCUT2D eigenvalue weighted by atomic mass is 9.93. The summed E-state index contributed by atoms with van der Waals surface area (Å²) in [5, 5.41) is 10.5. The molecule has 1 unspecified atom stereocenters. The number of nitrogens with zero attached hydrogens (tertiary/aromatic N) is 1. The molecular weight excluding hydrogens is 501 g/mol. The minimum Gasteiger partial charge on any atom is -0.493 e. The molecule has 1 N–H and O–H groups in total. The van der Waals surface area contributed by atoms with Gasteiger partial charge in [0.1, 0.15) is 17.2 Å². The van der Waals surface area contributed by atoms with E-state index in [2.05, 4.69) is 0 Å². The van der Waals surface area contributed by atoms with Crippen LogP contribution < -0.4 is 14.4 Å². The molecule has 0 aliphatic carbocycles. The van der Waals surface area contributed by atoms with Crippen molar-refractivity contribution in [3.8, 4) is 17.2 Å². The third-order valence-corrected chi connectivity index (χ3v) is 6.18. The van der Waals surface area contributed by atoms with Gasteiger partial charge >= 0.3 is 5.97 Å². The lowest BCUT2D eigenvalue weighted by molar-refractivity contribution is -0.139. The van der Waals surface area contributed by atoms with Crippen LogP contribution in [0.25, 0.3) is 0 Å². The predicted molar refractivity (Wildman–Crippen MR) is 132 cm³/mol. The van der Waals surface area contributed by atoms with Gasteiger partial charge in [-0.05, 0) is 55.8 Å². The average Bonchev–Trinajstić information content (AvgIpc) is 2.79. The largest absolute Gasteiger partial charge is 0.493 e. The molecule has 1 aliphatic heterocycles. The first-order valence-corrected chi connectivity index (χ1v) is 11.6. The van der Waals surface area contributed by atoms with Gasteiger partial charge < -0.3 is 19.5 Å². The summed E-state index contributed by atoms with van der Waals surface area (Å²) in [6, 6.07) is 14.7. The van der Waals surface area contributed by atoms with Crippen molar-refractivity contribution in [1.29, 1.82) is 0 Å². The van der Waals surface area contributed by atoms with Crippen molar-refractivity contribution in [3.05, 3.63) is 80.8 Å². The highest BCUT2D eigenvalue weighted by Crippen LogP contribution is 2.39. The number of halogens is 3. The molecule has 6 nitrogen and oxygen atoms in total. The quantitative estimate of drug-likeness (QED) is 0.377. The number of ether oxygens (including phenoxy) is 2. The van der Waals surface area contributed by atoms with Gasteiger partial charge in [-0.2, -0.15) is 0 Å². The van der Waals surface area contributed by atoms with Crippen LogP contribution in [0.2, 0.25) is 15.1 Å². The molecule has 34 heavy (non-hydrogen) atoms. The van der Waals surface area contributed by atoms with E-state index in [1.807, 2.05) is 6.92 Å². The Hall–Kier alpha value is -2.93. The van der Waals surface area contributed by atoms with Crippen LogP contribution in [0.3, 0.4) is 0 Å². The fourth-order valence-electron chi connectivity index (χ4n) is 3.83. The van der Waals surface area contributed by atoms with Crippen LogP contribution in [-0.2, 0) is 4.79 Å². The zero-order chi connectivity index (χ0) is 24.4. The molecule has 1 heterocycles. The van der Waals surface area contributed by atoms with Gasteiger partial charge in [-0.15, -0.1) is 0 Å². The molecule has 9 heteroatoms. The first kappa shape index (κ1) is 24.2. The number of carboxylic acids is 1. The second-order valence-electron chi connectivity index (χ2n) is 7.65. The van der Waals surface area contributed by atoms with Gasteiger partial charge in [-0.1, -0.05) is 40.9 Å². The van der Waals surface area contributed by atoms with Crippen LogP contribution >= 0.6 is 34.8 Å². The number of carbonyl (C=O) groups excluding carboxylic acids is 1. The van der Waals surface area contributed by atoms with Crippen molar-refractivity contribution in [2.24, 2.45) is 0 Å². The van der Waals surface area contributed by atoms with Gasteiger partial charge in [-0.25, -0.2) is 0 Å². The van der Waals surface area contributed by atoms with E-state index in [-0.39, 0.29) is 10.9 Å². The van der Waals surface area contributed by atoms with Crippen LogP contribution in [0.1, 0.15) is 35.2 Å². The first-order valence-electron chi connectivity index (χ1n) is 10.5. The van der Waals surface area contributed by atoms with Crippen molar-refractivity contribution in [2.45, 2.75) is 19.3 Å². The minimum absolute atomic E-state index is 0.244. The Kier molecular flexibility index (Phi) is 7.22. The van der Waals surface area contributed by atoms with E-state index in [1.165, 1.54) is 6.07 Å². The van der Waals surface area contributed by atoms with Crippen molar-refractivity contribution >= 4 is 52.4 Å². The molecule has 0 radical (unpaired) electrons. The molecule has 4 rings (SSSR count). The lowest BCUT2D eigenvalue weighted by Gasteiger charge is -2.23. The summed E-state index contributed by atoms with van der Waals surface area (Å²) in [5.74, 6) is -0.508. The lowest BCUT2D eigenvalue weighted by Crippen LogP contribution is -2.30. The summed E-state index contributed by atoms with van der Waals surface area (Å²) in [5.41, 5.74) is 1.56. The fourth-order valence-corrected chi connectivity index (χ4v) is 4.56. The molecule has 0 saturated carbocycles. The second kappa shape index (κ2) is 10.1. The van der Waals surface area contributed by atoms with Crippen LogP contribution in [0.4, 0.5) is 5.69 Å². The molecule has 3 aromatic carbocycles. The van der Waals surface area contributed by atoms with Crippen molar-refractivity contribution in [1.82, 2.24) is 0 Å². The van der Waals surface area contributed by atoms with E-state index < -0.39 is 11.9 Å². The molecule has 0 aromatic heterocycles. The molecule has 176 valence electrons. The third-order valence-electron chi connectivity index (χ3n) is 5.45. The maximum atomic E-state index is 13.1. The summed E-state index contributed by atoms with van der Waals surface area (Å²) >= 11 is 18.6. The van der Waals surface area contributed by atoms with Gasteiger partial charge in [0.25, 0.3) is 5.91 Å². The number of hydrogen-bond acceptors (Lipinski definition) is 4. The molecule has 0 bridgehead atoms. The van der Waals surface area contributed by atoms with E-state index in [9.17, 15) is 14.7 Å². The summed E-state index contributed by atoms with van der Waals surface area (Å²) < 4.78 is 11.5. The summed E-state index contributed by atoms with van der Waals surface area (Å²) in [4.78, 5) is 26.2. The van der Waals surface area contributed by atoms with E-state index in [1.54, 1.807) is 53.4 Å². The van der Waals surface area contributed by atoms with Gasteiger partial charge in [0, 0.05) is 39.5 Å². The molecule has 1 amide bonds. The van der Waals surface area contributed by atoms with E-state index in [0.29, 0.717) is 63.7 Å². The number of carboxylic acid groups (broad SMARTS) is 1. The number of rotatable bonds is 6. The summed E-state index contributed by atoms with van der Waals surface area (Å²) in [7, 11) is 0. The number of carbonyl (C=O) groups is 2. The third kappa shape index (κ3) is 5.09. The minimum atomic E-state index is -0.886. The normalized spacial score (nSPS) is 14.6. The smallest absolute Gasteiger partial charge is 0.311 e. The maximum absolute atomic E-state index is 13.1. The van der Waals surface area contributed by atoms with Gasteiger partial charge in [0.05, 0.1) is 17.5 Å². The van der Waals surface area contributed by atoms with Crippen LogP contribution in [0.15, 0.2) is 54.6 Å². The van der Waals surface area contributed by atoms with Crippen molar-refractivity contribution in [2.75, 3.05) is 18.1 Å². The molecular formula is C25H20Cl3NO5. The highest BCUT2D eigenvalue weighted by atomic mass is 35.5. The Morgan fingerprint density at radius 1 is 1.06 bits per heavy atom. The number of hydrogen-bond donors (Lipinski definition) is 1. The number of fused-ring (bicyclic) bond motifs is 1. The van der Waals surface area contributed by atoms with Crippen molar-refractivity contribution < 1.29 is 24.2 Å². The first-order chi connectivity index (χ1) is 16.3. The molecule has 0 fully saturated rings. The van der Waals surface area contributed by atoms with Gasteiger partial charge in [-0.3, -0.25) is 9.59 Å². The van der Waals surface area contributed by atoms with E-state index in [4.69, 9.17) is 44.3 Å². The highest BCUT2D eigenvalue weighted by Gasteiger charge is 2.28. The molecule has 1 aliphatic rings. The Labute approximate surface area is 211 Å². The Bertz CT molecular complexity index is 1240. The molecule has 3 aromatic rings. The standard InChI is InChI=1S/C25H20Cl3NO5/c1-2-29(17-11-15(26)10-16(27)12-17)24(30)14-3-6-22(21(28)9-14)34-18-4-5-19-20(25(31)32)7-8-33-23(19)13-18/h3-6,9-13,20H,2,7-8H2,1H3,(H,31,32). The summed E-state index contributed by atoms with van der Waals surface area (Å²) in [6.07, 6.45) is 0.417. The number of benzene rings is 3. The monoisotopic (exact) mass is 519 g/mol. The Balaban J connectivity index is 1.55. The van der Waals surface area contributed by atoms with Crippen LogP contribution in [-0.4, -0.2) is 30.1 Å². The summed E-state index contributed by atoms with van der Waals surface area (Å²) in [6.45, 7) is 2.56. The van der Waals surface area contributed by atoms with Gasteiger partial charge in [0.15, 0.2) is 0 Å². The maximum Gasteiger partial charge on any atom is 0.311 e. The van der Waals surface area contributed by atoms with Crippen molar-refractivity contribution in [3.63, 3.8) is 0 Å².